The highest BCUT2D eigenvalue weighted by molar-refractivity contribution is 6.29. The van der Waals surface area contributed by atoms with Crippen LogP contribution in [0.15, 0.2) is 36.7 Å². The fourth-order valence-corrected chi connectivity index (χ4v) is 1.81. The summed E-state index contributed by atoms with van der Waals surface area (Å²) >= 11 is 5.94. The number of nitrogens with two attached hydrogens (primary N) is 1. The van der Waals surface area contributed by atoms with Gasteiger partial charge in [0.05, 0.1) is 6.20 Å². The number of aromatic nitrogens is 4. The number of hydrogen-bond donors (Lipinski definition) is 2. The van der Waals surface area contributed by atoms with Crippen molar-refractivity contribution >= 4 is 34.6 Å². The van der Waals surface area contributed by atoms with Gasteiger partial charge in [0.1, 0.15) is 16.8 Å². The van der Waals surface area contributed by atoms with Gasteiger partial charge in [-0.05, 0) is 6.07 Å². The second-order valence-electron chi connectivity index (χ2n) is 3.66. The monoisotopic (exact) mass is 290 g/mol. The average Bonchev–Trinajstić information content (AvgIpc) is 2.89. The van der Waals surface area contributed by atoms with Crippen molar-refractivity contribution in [1.82, 2.24) is 19.6 Å². The maximum absolute atomic E-state index is 5.94. The molecule has 0 aromatic carbocycles. The number of rotatable bonds is 2. The van der Waals surface area contributed by atoms with Crippen molar-refractivity contribution in [3.8, 4) is 0 Å². The topological polar surface area (TPSA) is 81.1 Å². The Bertz CT molecular complexity index is 709. The molecule has 0 radical (unpaired) electrons. The van der Waals surface area contributed by atoms with Gasteiger partial charge in [0.15, 0.2) is 5.65 Å². The standard InChI is InChI=1S/C11H9ClN6.C2H6/c12-8-6-11(18-10(16-8)2-4-15-18)17-9-5-7(13)1-3-14-9;1-2/h1-6H,(H3,13,14,17);1-2H3. The molecule has 0 amide bonds. The largest absolute Gasteiger partial charge is 0.399 e. The van der Waals surface area contributed by atoms with Gasteiger partial charge in [-0.15, -0.1) is 0 Å². The second-order valence-corrected chi connectivity index (χ2v) is 4.05. The van der Waals surface area contributed by atoms with Gasteiger partial charge in [-0.3, -0.25) is 0 Å². The summed E-state index contributed by atoms with van der Waals surface area (Å²) in [5.74, 6) is 1.29. The minimum atomic E-state index is 0.384. The predicted molar refractivity (Wildman–Crippen MR) is 81.3 cm³/mol. The van der Waals surface area contributed by atoms with E-state index < -0.39 is 0 Å². The molecule has 7 heteroatoms. The molecule has 104 valence electrons. The lowest BCUT2D eigenvalue weighted by Gasteiger charge is -2.08. The van der Waals surface area contributed by atoms with Crippen LogP contribution >= 0.6 is 11.6 Å². The summed E-state index contributed by atoms with van der Waals surface area (Å²) in [5.41, 5.74) is 6.98. The molecular formula is C13H15ClN6. The van der Waals surface area contributed by atoms with E-state index in [1.165, 1.54) is 0 Å². The molecule has 0 aliphatic carbocycles. The smallest absolute Gasteiger partial charge is 0.159 e. The normalized spacial score (nSPS) is 9.95. The SMILES string of the molecule is CC.Nc1ccnc(Nc2cc(Cl)nc3ccnn23)c1. The van der Waals surface area contributed by atoms with E-state index in [0.29, 0.717) is 28.1 Å². The van der Waals surface area contributed by atoms with E-state index in [-0.39, 0.29) is 0 Å². The predicted octanol–water partition coefficient (Wildman–Crippen LogP) is 3.13. The minimum absolute atomic E-state index is 0.384. The molecule has 0 aliphatic heterocycles. The van der Waals surface area contributed by atoms with Crippen molar-refractivity contribution in [2.24, 2.45) is 0 Å². The van der Waals surface area contributed by atoms with Crippen LogP contribution in [0.2, 0.25) is 5.15 Å². The first-order valence-corrected chi connectivity index (χ1v) is 6.59. The van der Waals surface area contributed by atoms with E-state index in [1.54, 1.807) is 41.2 Å². The summed E-state index contributed by atoms with van der Waals surface area (Å²) in [6, 6.07) is 6.88. The first-order chi connectivity index (χ1) is 9.72. The zero-order valence-electron chi connectivity index (χ0n) is 11.2. The number of halogens is 1. The molecular weight excluding hydrogens is 276 g/mol. The number of nitrogens with one attached hydrogen (secondary N) is 1. The first-order valence-electron chi connectivity index (χ1n) is 6.21. The molecule has 3 aromatic rings. The van der Waals surface area contributed by atoms with Crippen molar-refractivity contribution < 1.29 is 0 Å². The van der Waals surface area contributed by atoms with Crippen LogP contribution in [-0.2, 0) is 0 Å². The lowest BCUT2D eigenvalue weighted by atomic mass is 10.4. The van der Waals surface area contributed by atoms with Crippen LogP contribution in [0.1, 0.15) is 13.8 Å². The summed E-state index contributed by atoms with van der Waals surface area (Å²) < 4.78 is 1.64. The number of fused-ring (bicyclic) bond motifs is 1. The first kappa shape index (κ1) is 14.1. The van der Waals surface area contributed by atoms with E-state index in [9.17, 15) is 0 Å². The van der Waals surface area contributed by atoms with E-state index in [0.717, 1.165) is 0 Å². The Morgan fingerprint density at radius 2 is 2.00 bits per heavy atom. The molecule has 0 atom stereocenters. The molecule has 0 unspecified atom stereocenters. The van der Waals surface area contributed by atoms with E-state index in [1.807, 2.05) is 13.8 Å². The summed E-state index contributed by atoms with van der Waals surface area (Å²) in [5, 5.41) is 7.64. The van der Waals surface area contributed by atoms with E-state index in [4.69, 9.17) is 17.3 Å². The fourth-order valence-electron chi connectivity index (χ4n) is 1.62. The highest BCUT2D eigenvalue weighted by Crippen LogP contribution is 2.20. The third-order valence-electron chi connectivity index (χ3n) is 2.37. The summed E-state index contributed by atoms with van der Waals surface area (Å²) in [6.45, 7) is 4.00. The number of pyridine rings is 1. The van der Waals surface area contributed by atoms with E-state index in [2.05, 4.69) is 20.4 Å². The minimum Gasteiger partial charge on any atom is -0.399 e. The maximum atomic E-state index is 5.94. The molecule has 0 fully saturated rings. The van der Waals surface area contributed by atoms with Crippen LogP contribution in [0.3, 0.4) is 0 Å². The van der Waals surface area contributed by atoms with Gasteiger partial charge in [-0.25, -0.2) is 9.97 Å². The summed E-state index contributed by atoms with van der Waals surface area (Å²) in [4.78, 5) is 8.30. The van der Waals surface area contributed by atoms with Gasteiger partial charge in [-0.2, -0.15) is 9.61 Å². The third-order valence-corrected chi connectivity index (χ3v) is 2.56. The Morgan fingerprint density at radius 3 is 2.75 bits per heavy atom. The quantitative estimate of drug-likeness (QED) is 0.709. The molecule has 3 aromatic heterocycles. The van der Waals surface area contributed by atoms with Gasteiger partial charge in [0.2, 0.25) is 0 Å². The van der Waals surface area contributed by atoms with Crippen molar-refractivity contribution in [1.29, 1.82) is 0 Å². The van der Waals surface area contributed by atoms with Gasteiger partial charge in [0.25, 0.3) is 0 Å². The molecule has 0 saturated heterocycles. The van der Waals surface area contributed by atoms with Gasteiger partial charge >= 0.3 is 0 Å². The van der Waals surface area contributed by atoms with Crippen LogP contribution < -0.4 is 11.1 Å². The van der Waals surface area contributed by atoms with Crippen molar-refractivity contribution in [3.63, 3.8) is 0 Å². The third kappa shape index (κ3) is 2.97. The highest BCUT2D eigenvalue weighted by Gasteiger charge is 2.06. The molecule has 6 nitrogen and oxygen atoms in total. The van der Waals surface area contributed by atoms with Gasteiger partial charge in [-0.1, -0.05) is 25.4 Å². The summed E-state index contributed by atoms with van der Waals surface area (Å²) in [6.07, 6.45) is 3.28. The van der Waals surface area contributed by atoms with Crippen molar-refractivity contribution in [2.45, 2.75) is 13.8 Å². The summed E-state index contributed by atoms with van der Waals surface area (Å²) in [7, 11) is 0. The van der Waals surface area contributed by atoms with Gasteiger partial charge in [0, 0.05) is 30.1 Å². The Labute approximate surface area is 121 Å². The Hall–Kier alpha value is -2.34. The lowest BCUT2D eigenvalue weighted by Crippen LogP contribution is -2.02. The Kier molecular flexibility index (Phi) is 4.37. The van der Waals surface area contributed by atoms with Crippen LogP contribution in [0.5, 0.6) is 0 Å². The zero-order valence-corrected chi connectivity index (χ0v) is 12.0. The number of nitrogen functional groups attached to an aromatic ring is 1. The average molecular weight is 291 g/mol. The lowest BCUT2D eigenvalue weighted by molar-refractivity contribution is 0.945. The molecule has 3 heterocycles. The molecule has 0 aliphatic rings. The Morgan fingerprint density at radius 1 is 1.20 bits per heavy atom. The number of hydrogen-bond acceptors (Lipinski definition) is 5. The molecule has 3 N–H and O–H groups in total. The van der Waals surface area contributed by atoms with Crippen molar-refractivity contribution in [3.05, 3.63) is 41.8 Å². The molecule has 3 rings (SSSR count). The van der Waals surface area contributed by atoms with Crippen LogP contribution in [0.25, 0.3) is 5.65 Å². The van der Waals surface area contributed by atoms with Gasteiger partial charge < -0.3 is 11.1 Å². The Balaban J connectivity index is 0.000000704. The maximum Gasteiger partial charge on any atom is 0.159 e. The van der Waals surface area contributed by atoms with Crippen molar-refractivity contribution in [2.75, 3.05) is 11.1 Å². The number of nitrogens with zero attached hydrogens (tertiary/aromatic N) is 4. The molecule has 0 saturated carbocycles. The molecule has 0 spiro atoms. The van der Waals surface area contributed by atoms with Crippen LogP contribution in [0, 0.1) is 0 Å². The van der Waals surface area contributed by atoms with E-state index >= 15 is 0 Å². The second kappa shape index (κ2) is 6.21. The number of anilines is 3. The molecule has 0 bridgehead atoms. The highest BCUT2D eigenvalue weighted by atomic mass is 35.5. The fraction of sp³-hybridized carbons (Fsp3) is 0.154. The molecule has 20 heavy (non-hydrogen) atoms. The van der Waals surface area contributed by atoms with Crippen LogP contribution in [-0.4, -0.2) is 19.6 Å². The van der Waals surface area contributed by atoms with Crippen LogP contribution in [0.4, 0.5) is 17.3 Å². The zero-order chi connectivity index (χ0) is 14.5.